The first-order valence-electron chi connectivity index (χ1n) is 5.06. The van der Waals surface area contributed by atoms with Gasteiger partial charge in [-0.2, -0.15) is 13.2 Å². The summed E-state index contributed by atoms with van der Waals surface area (Å²) in [4.78, 5) is 0. The fourth-order valence-electron chi connectivity index (χ4n) is 1.41. The topological polar surface area (TPSA) is 32.3 Å². The molecule has 0 radical (unpaired) electrons. The van der Waals surface area contributed by atoms with Crippen molar-refractivity contribution in [3.8, 4) is 5.75 Å². The van der Waals surface area contributed by atoms with Crippen LogP contribution in [0.25, 0.3) is 0 Å². The van der Waals surface area contributed by atoms with Crippen LogP contribution in [0.5, 0.6) is 5.75 Å². The second kappa shape index (κ2) is 5.73. The highest BCUT2D eigenvalue weighted by atomic mass is 79.9. The van der Waals surface area contributed by atoms with E-state index < -0.39 is 18.6 Å². The summed E-state index contributed by atoms with van der Waals surface area (Å²) in [6.07, 6.45) is -5.06. The minimum absolute atomic E-state index is 0.0548. The van der Waals surface area contributed by atoms with Crippen LogP contribution in [0.4, 0.5) is 13.2 Å². The van der Waals surface area contributed by atoms with Crippen LogP contribution in [0.1, 0.15) is 18.9 Å². The average Bonchev–Trinajstić information content (AvgIpc) is 2.18. The number of phenolic OH excluding ortho intramolecular Hbond substituents is 1. The molecule has 0 saturated carbocycles. The second-order valence-electron chi connectivity index (χ2n) is 3.85. The summed E-state index contributed by atoms with van der Waals surface area (Å²) in [7, 11) is 0. The third kappa shape index (κ3) is 4.95. The van der Waals surface area contributed by atoms with E-state index in [9.17, 15) is 18.3 Å². The van der Waals surface area contributed by atoms with E-state index in [-0.39, 0.29) is 12.3 Å². The SMILES string of the molecule is CC(CC(F)(F)F)NCc1cccc(Br)c1O. The third-order valence-corrected chi connectivity index (χ3v) is 2.89. The van der Waals surface area contributed by atoms with Crippen molar-refractivity contribution in [3.63, 3.8) is 0 Å². The van der Waals surface area contributed by atoms with E-state index in [1.165, 1.54) is 6.92 Å². The summed E-state index contributed by atoms with van der Waals surface area (Å²) >= 11 is 3.14. The monoisotopic (exact) mass is 311 g/mol. The molecule has 0 bridgehead atoms. The minimum atomic E-state index is -4.17. The molecule has 2 nitrogen and oxygen atoms in total. The van der Waals surface area contributed by atoms with Crippen molar-refractivity contribution in [2.75, 3.05) is 0 Å². The zero-order chi connectivity index (χ0) is 13.1. The van der Waals surface area contributed by atoms with Gasteiger partial charge in [-0.1, -0.05) is 12.1 Å². The Balaban J connectivity index is 2.53. The number of para-hydroxylation sites is 1. The quantitative estimate of drug-likeness (QED) is 0.890. The number of nitrogens with one attached hydrogen (secondary N) is 1. The Morgan fingerprint density at radius 3 is 2.65 bits per heavy atom. The van der Waals surface area contributed by atoms with Crippen LogP contribution in [0.3, 0.4) is 0 Å². The average molecular weight is 312 g/mol. The van der Waals surface area contributed by atoms with Crippen molar-refractivity contribution in [1.29, 1.82) is 0 Å². The molecular weight excluding hydrogens is 299 g/mol. The number of rotatable bonds is 4. The minimum Gasteiger partial charge on any atom is -0.506 e. The molecule has 1 aromatic carbocycles. The predicted octanol–water partition coefficient (Wildman–Crippen LogP) is 3.59. The normalized spacial score (nSPS) is 13.7. The van der Waals surface area contributed by atoms with Crippen molar-refractivity contribution in [1.82, 2.24) is 5.32 Å². The number of halogens is 4. The molecule has 17 heavy (non-hydrogen) atoms. The first kappa shape index (κ1) is 14.3. The molecule has 0 aliphatic heterocycles. The Hall–Kier alpha value is -0.750. The van der Waals surface area contributed by atoms with Gasteiger partial charge < -0.3 is 10.4 Å². The van der Waals surface area contributed by atoms with Gasteiger partial charge in [-0.3, -0.25) is 0 Å². The molecule has 0 heterocycles. The van der Waals surface area contributed by atoms with Crippen LogP contribution < -0.4 is 5.32 Å². The van der Waals surface area contributed by atoms with E-state index in [0.29, 0.717) is 10.0 Å². The molecule has 2 N–H and O–H groups in total. The summed E-state index contributed by atoms with van der Waals surface area (Å²) in [6.45, 7) is 1.66. The molecule has 0 aliphatic rings. The highest BCUT2D eigenvalue weighted by Gasteiger charge is 2.29. The molecule has 1 rings (SSSR count). The molecule has 6 heteroatoms. The van der Waals surface area contributed by atoms with Gasteiger partial charge in [-0.05, 0) is 28.9 Å². The Labute approximate surface area is 106 Å². The molecule has 1 unspecified atom stereocenters. The van der Waals surface area contributed by atoms with Crippen molar-refractivity contribution in [2.24, 2.45) is 0 Å². The molecular formula is C11H13BrF3NO. The van der Waals surface area contributed by atoms with Gasteiger partial charge in [0.25, 0.3) is 0 Å². The van der Waals surface area contributed by atoms with Crippen LogP contribution in [-0.4, -0.2) is 17.3 Å². The first-order chi connectivity index (χ1) is 7.79. The maximum absolute atomic E-state index is 12.1. The van der Waals surface area contributed by atoms with E-state index in [1.807, 2.05) is 0 Å². The van der Waals surface area contributed by atoms with Gasteiger partial charge in [0.15, 0.2) is 0 Å². The lowest BCUT2D eigenvalue weighted by molar-refractivity contribution is -0.139. The Morgan fingerprint density at radius 2 is 2.06 bits per heavy atom. The Bertz CT molecular complexity index is 381. The predicted molar refractivity (Wildman–Crippen MR) is 62.8 cm³/mol. The van der Waals surface area contributed by atoms with Crippen LogP contribution in [-0.2, 0) is 6.54 Å². The van der Waals surface area contributed by atoms with E-state index in [2.05, 4.69) is 21.2 Å². The van der Waals surface area contributed by atoms with Crippen LogP contribution >= 0.6 is 15.9 Å². The molecule has 96 valence electrons. The molecule has 0 fully saturated rings. The summed E-state index contributed by atoms with van der Waals surface area (Å²) in [5, 5.41) is 12.4. The lowest BCUT2D eigenvalue weighted by Crippen LogP contribution is -2.30. The van der Waals surface area contributed by atoms with Gasteiger partial charge in [-0.15, -0.1) is 0 Å². The number of hydrogen-bond acceptors (Lipinski definition) is 2. The number of alkyl halides is 3. The maximum atomic E-state index is 12.1. The molecule has 0 aromatic heterocycles. The van der Waals surface area contributed by atoms with E-state index in [1.54, 1.807) is 18.2 Å². The van der Waals surface area contributed by atoms with Crippen molar-refractivity contribution in [2.45, 2.75) is 32.1 Å². The first-order valence-corrected chi connectivity index (χ1v) is 5.85. The van der Waals surface area contributed by atoms with E-state index >= 15 is 0 Å². The maximum Gasteiger partial charge on any atom is 0.390 e. The smallest absolute Gasteiger partial charge is 0.390 e. The fourth-order valence-corrected chi connectivity index (χ4v) is 1.81. The molecule has 0 saturated heterocycles. The lowest BCUT2D eigenvalue weighted by atomic mass is 10.1. The van der Waals surface area contributed by atoms with Gasteiger partial charge >= 0.3 is 6.18 Å². The molecule has 0 aliphatic carbocycles. The zero-order valence-corrected chi connectivity index (χ0v) is 10.8. The van der Waals surface area contributed by atoms with E-state index in [4.69, 9.17) is 0 Å². The molecule has 1 aromatic rings. The van der Waals surface area contributed by atoms with Gasteiger partial charge in [0.05, 0.1) is 10.9 Å². The van der Waals surface area contributed by atoms with Crippen LogP contribution in [0.2, 0.25) is 0 Å². The van der Waals surface area contributed by atoms with Crippen molar-refractivity contribution < 1.29 is 18.3 Å². The summed E-state index contributed by atoms with van der Waals surface area (Å²) < 4.78 is 36.8. The van der Waals surface area contributed by atoms with E-state index in [0.717, 1.165) is 0 Å². The Morgan fingerprint density at radius 1 is 1.41 bits per heavy atom. The Kier molecular flexibility index (Phi) is 4.82. The molecule has 0 amide bonds. The largest absolute Gasteiger partial charge is 0.506 e. The molecule has 1 atom stereocenters. The summed E-state index contributed by atoms with van der Waals surface area (Å²) in [5.41, 5.74) is 0.563. The summed E-state index contributed by atoms with van der Waals surface area (Å²) in [5.74, 6) is 0.0548. The number of benzene rings is 1. The van der Waals surface area contributed by atoms with Gasteiger partial charge in [0, 0.05) is 18.2 Å². The lowest BCUT2D eigenvalue weighted by Gasteiger charge is -2.16. The van der Waals surface area contributed by atoms with Crippen molar-refractivity contribution >= 4 is 15.9 Å². The third-order valence-electron chi connectivity index (χ3n) is 2.25. The highest BCUT2D eigenvalue weighted by molar-refractivity contribution is 9.10. The highest BCUT2D eigenvalue weighted by Crippen LogP contribution is 2.27. The van der Waals surface area contributed by atoms with Crippen molar-refractivity contribution in [3.05, 3.63) is 28.2 Å². The van der Waals surface area contributed by atoms with Crippen LogP contribution in [0, 0.1) is 0 Å². The zero-order valence-electron chi connectivity index (χ0n) is 9.18. The molecule has 0 spiro atoms. The summed E-state index contributed by atoms with van der Waals surface area (Å²) in [6, 6.07) is 4.36. The fraction of sp³-hybridized carbons (Fsp3) is 0.455. The second-order valence-corrected chi connectivity index (χ2v) is 4.70. The van der Waals surface area contributed by atoms with Crippen LogP contribution in [0.15, 0.2) is 22.7 Å². The van der Waals surface area contributed by atoms with Gasteiger partial charge in [0.2, 0.25) is 0 Å². The standard InChI is InChI=1S/C11H13BrF3NO/c1-7(5-11(13,14)15)16-6-8-3-2-4-9(12)10(8)17/h2-4,7,16-17H,5-6H2,1H3. The number of hydrogen-bond donors (Lipinski definition) is 2. The van der Waals surface area contributed by atoms with Gasteiger partial charge in [-0.25, -0.2) is 0 Å². The number of aromatic hydroxyl groups is 1. The number of phenols is 1. The van der Waals surface area contributed by atoms with Gasteiger partial charge in [0.1, 0.15) is 5.75 Å².